The van der Waals surface area contributed by atoms with Crippen LogP contribution in [0.3, 0.4) is 0 Å². The molecule has 8 heteroatoms. The zero-order valence-electron chi connectivity index (χ0n) is 16.0. The minimum absolute atomic E-state index is 0.104. The van der Waals surface area contributed by atoms with Crippen molar-refractivity contribution in [2.75, 3.05) is 6.54 Å². The molecule has 0 radical (unpaired) electrons. The molecule has 146 valence electrons. The molecule has 0 spiro atoms. The average molecular weight is 398 g/mol. The van der Waals surface area contributed by atoms with Gasteiger partial charge in [0.2, 0.25) is 10.0 Å². The lowest BCUT2D eigenvalue weighted by Gasteiger charge is -2.08. The largest absolute Gasteiger partial charge is 0.295 e. The van der Waals surface area contributed by atoms with Gasteiger partial charge in [-0.25, -0.2) is 22.8 Å². The van der Waals surface area contributed by atoms with Gasteiger partial charge >= 0.3 is 0 Å². The van der Waals surface area contributed by atoms with Crippen LogP contribution in [0.2, 0.25) is 0 Å². The number of benzene rings is 1. The second kappa shape index (κ2) is 8.04. The summed E-state index contributed by atoms with van der Waals surface area (Å²) in [6, 6.07) is 11.5. The van der Waals surface area contributed by atoms with E-state index >= 15 is 0 Å². The maximum absolute atomic E-state index is 12.5. The van der Waals surface area contributed by atoms with Gasteiger partial charge in [0.25, 0.3) is 0 Å². The molecule has 0 amide bonds. The summed E-state index contributed by atoms with van der Waals surface area (Å²) in [7, 11) is -3.64. The first-order chi connectivity index (χ1) is 13.3. The van der Waals surface area contributed by atoms with E-state index in [0.29, 0.717) is 12.0 Å². The number of Topliss-reactive ketones (excluding diaryl/α,β-unsaturated/α-hetero) is 1. The van der Waals surface area contributed by atoms with Crippen molar-refractivity contribution in [2.24, 2.45) is 0 Å². The Morgan fingerprint density at radius 1 is 1.11 bits per heavy atom. The highest BCUT2D eigenvalue weighted by Gasteiger charge is 2.17. The van der Waals surface area contributed by atoms with Crippen LogP contribution in [-0.4, -0.2) is 35.5 Å². The van der Waals surface area contributed by atoms with Crippen LogP contribution >= 0.6 is 0 Å². The van der Waals surface area contributed by atoms with Crippen molar-refractivity contribution in [2.45, 2.75) is 32.1 Å². The van der Waals surface area contributed by atoms with Gasteiger partial charge in [-0.15, -0.1) is 0 Å². The van der Waals surface area contributed by atoms with Crippen LogP contribution in [0.25, 0.3) is 5.82 Å². The fourth-order valence-electron chi connectivity index (χ4n) is 3.00. The molecule has 0 aliphatic carbocycles. The lowest BCUT2D eigenvalue weighted by atomic mass is 10.1. The maximum Gasteiger partial charge on any atom is 0.240 e. The van der Waals surface area contributed by atoms with Gasteiger partial charge < -0.3 is 0 Å². The fraction of sp³-hybridized carbons (Fsp3) is 0.250. The van der Waals surface area contributed by atoms with E-state index in [2.05, 4.69) is 14.8 Å². The molecular formula is C20H22N4O3S. The second-order valence-electron chi connectivity index (χ2n) is 6.48. The summed E-state index contributed by atoms with van der Waals surface area (Å²) in [4.78, 5) is 15.8. The Labute approximate surface area is 164 Å². The van der Waals surface area contributed by atoms with Gasteiger partial charge in [-0.2, -0.15) is 5.10 Å². The molecule has 0 saturated carbocycles. The number of carbonyl (C=O) groups excluding carboxylic acids is 1. The molecule has 3 aromatic rings. The summed E-state index contributed by atoms with van der Waals surface area (Å²) in [5, 5.41) is 4.52. The number of nitrogens with one attached hydrogen (secondary N) is 1. The Morgan fingerprint density at radius 3 is 2.43 bits per heavy atom. The highest BCUT2D eigenvalue weighted by molar-refractivity contribution is 7.89. The van der Waals surface area contributed by atoms with Crippen LogP contribution in [-0.2, 0) is 16.4 Å². The van der Waals surface area contributed by atoms with Crippen molar-refractivity contribution in [1.29, 1.82) is 0 Å². The molecule has 0 unspecified atom stereocenters. The van der Waals surface area contributed by atoms with Crippen molar-refractivity contribution >= 4 is 15.8 Å². The van der Waals surface area contributed by atoms with Gasteiger partial charge in [0.05, 0.1) is 10.6 Å². The van der Waals surface area contributed by atoms with E-state index in [1.54, 1.807) is 10.9 Å². The number of hydrogen-bond acceptors (Lipinski definition) is 5. The highest BCUT2D eigenvalue weighted by atomic mass is 32.2. The lowest BCUT2D eigenvalue weighted by molar-refractivity contribution is 0.101. The zero-order valence-corrected chi connectivity index (χ0v) is 16.8. The number of rotatable bonds is 7. The van der Waals surface area contributed by atoms with Crippen molar-refractivity contribution in [3.05, 3.63) is 71.2 Å². The van der Waals surface area contributed by atoms with Crippen LogP contribution in [0.5, 0.6) is 0 Å². The first-order valence-electron chi connectivity index (χ1n) is 8.87. The van der Waals surface area contributed by atoms with Crippen LogP contribution in [0, 0.1) is 13.8 Å². The minimum atomic E-state index is -3.64. The maximum atomic E-state index is 12.5. The molecule has 0 bridgehead atoms. The molecule has 1 N–H and O–H groups in total. The Balaban J connectivity index is 1.71. The quantitative estimate of drug-likeness (QED) is 0.618. The van der Waals surface area contributed by atoms with Crippen molar-refractivity contribution in [3.63, 3.8) is 0 Å². The molecule has 0 aliphatic heterocycles. The molecule has 0 aliphatic rings. The van der Waals surface area contributed by atoms with E-state index < -0.39 is 10.0 Å². The van der Waals surface area contributed by atoms with Crippen LogP contribution in [0.15, 0.2) is 53.6 Å². The fourth-order valence-corrected chi connectivity index (χ4v) is 4.03. The summed E-state index contributed by atoms with van der Waals surface area (Å²) >= 11 is 0. The molecule has 0 saturated heterocycles. The van der Waals surface area contributed by atoms with Gasteiger partial charge in [0.1, 0.15) is 0 Å². The molecule has 3 rings (SSSR count). The number of aryl methyl sites for hydroxylation is 1. The summed E-state index contributed by atoms with van der Waals surface area (Å²) in [5.74, 6) is 0.619. The van der Waals surface area contributed by atoms with Crippen molar-refractivity contribution in [1.82, 2.24) is 19.5 Å². The van der Waals surface area contributed by atoms with E-state index in [1.807, 2.05) is 32.0 Å². The molecule has 2 heterocycles. The van der Waals surface area contributed by atoms with Gasteiger partial charge in [0, 0.05) is 24.0 Å². The number of hydrogen-bond donors (Lipinski definition) is 1. The van der Waals surface area contributed by atoms with E-state index in [4.69, 9.17) is 0 Å². The SMILES string of the molecule is CC(=O)c1ccc(S(=O)(=O)NCCc2c(C)nn(-c3ccccn3)c2C)cc1. The number of sulfonamides is 1. The Bertz CT molecular complexity index is 1090. The van der Waals surface area contributed by atoms with Crippen LogP contribution < -0.4 is 4.72 Å². The first kappa shape index (κ1) is 19.9. The van der Waals surface area contributed by atoms with Crippen LogP contribution in [0.1, 0.15) is 34.2 Å². The predicted octanol–water partition coefficient (Wildman–Crippen LogP) is 2.61. The third kappa shape index (κ3) is 4.18. The molecule has 0 fully saturated rings. The predicted molar refractivity (Wildman–Crippen MR) is 106 cm³/mol. The van der Waals surface area contributed by atoms with E-state index in [-0.39, 0.29) is 17.2 Å². The monoisotopic (exact) mass is 398 g/mol. The number of carbonyl (C=O) groups is 1. The van der Waals surface area contributed by atoms with Gasteiger partial charge in [0.15, 0.2) is 11.6 Å². The number of ketones is 1. The summed E-state index contributed by atoms with van der Waals surface area (Å²) in [6.07, 6.45) is 2.21. The molecule has 0 atom stereocenters. The third-order valence-corrected chi connectivity index (χ3v) is 6.02. The average Bonchev–Trinajstić information content (AvgIpc) is 2.97. The Hall–Kier alpha value is -2.84. The van der Waals surface area contributed by atoms with E-state index in [1.165, 1.54) is 31.2 Å². The molecule has 1 aromatic carbocycles. The number of pyridine rings is 1. The Kier molecular flexibility index (Phi) is 5.71. The summed E-state index contributed by atoms with van der Waals surface area (Å²) in [6.45, 7) is 5.53. The van der Waals surface area contributed by atoms with Crippen molar-refractivity contribution < 1.29 is 13.2 Å². The topological polar surface area (TPSA) is 94.0 Å². The Morgan fingerprint density at radius 2 is 1.82 bits per heavy atom. The zero-order chi connectivity index (χ0) is 20.3. The summed E-state index contributed by atoms with van der Waals surface area (Å²) < 4.78 is 29.3. The number of aromatic nitrogens is 3. The third-order valence-electron chi connectivity index (χ3n) is 4.55. The first-order valence-corrected chi connectivity index (χ1v) is 10.3. The van der Waals surface area contributed by atoms with E-state index in [0.717, 1.165) is 22.8 Å². The number of nitrogens with zero attached hydrogens (tertiary/aromatic N) is 3. The lowest BCUT2D eigenvalue weighted by Crippen LogP contribution is -2.26. The normalized spacial score (nSPS) is 11.5. The highest BCUT2D eigenvalue weighted by Crippen LogP contribution is 2.17. The van der Waals surface area contributed by atoms with E-state index in [9.17, 15) is 13.2 Å². The molecule has 2 aromatic heterocycles. The summed E-state index contributed by atoms with van der Waals surface area (Å²) in [5.41, 5.74) is 3.24. The molecular weight excluding hydrogens is 376 g/mol. The second-order valence-corrected chi connectivity index (χ2v) is 8.24. The van der Waals surface area contributed by atoms with Gasteiger partial charge in [-0.05, 0) is 57.0 Å². The molecule has 28 heavy (non-hydrogen) atoms. The van der Waals surface area contributed by atoms with Gasteiger partial charge in [-0.3, -0.25) is 4.79 Å². The minimum Gasteiger partial charge on any atom is -0.295 e. The standard InChI is InChI=1S/C20H22N4O3S/c1-14-19(15(2)24(23-14)20-6-4-5-12-21-20)11-13-22-28(26,27)18-9-7-17(8-10-18)16(3)25/h4-10,12,22H,11,13H2,1-3H3. The van der Waals surface area contributed by atoms with Crippen LogP contribution in [0.4, 0.5) is 0 Å². The van der Waals surface area contributed by atoms with Crippen molar-refractivity contribution in [3.8, 4) is 5.82 Å². The van der Waals surface area contributed by atoms with Gasteiger partial charge in [-0.1, -0.05) is 18.2 Å². The molecule has 7 nitrogen and oxygen atoms in total. The smallest absolute Gasteiger partial charge is 0.240 e.